The summed E-state index contributed by atoms with van der Waals surface area (Å²) in [6.07, 6.45) is 9.87. The van der Waals surface area contributed by atoms with Gasteiger partial charge in [0.25, 0.3) is 0 Å². The van der Waals surface area contributed by atoms with E-state index in [0.717, 1.165) is 17.8 Å². The SMILES string of the molecule is C1=CCC(c2ccc(Nc3ccc4c(c3)C(c3ccccc3)(c3ccccc3)c3ccccc3-4)cc2)C=C1. The molecule has 5 aromatic carbocycles. The van der Waals surface area contributed by atoms with Crippen LogP contribution in [0.1, 0.15) is 40.2 Å². The molecular formula is C37H29N. The molecule has 0 bridgehead atoms. The van der Waals surface area contributed by atoms with Crippen LogP contribution in [0.3, 0.4) is 0 Å². The van der Waals surface area contributed by atoms with Gasteiger partial charge in [-0.15, -0.1) is 0 Å². The Morgan fingerprint density at radius 2 is 1.18 bits per heavy atom. The van der Waals surface area contributed by atoms with E-state index in [9.17, 15) is 0 Å². The summed E-state index contributed by atoms with van der Waals surface area (Å²) in [7, 11) is 0. The lowest BCUT2D eigenvalue weighted by Crippen LogP contribution is -2.28. The fourth-order valence-corrected chi connectivity index (χ4v) is 6.33. The van der Waals surface area contributed by atoms with Crippen LogP contribution in [0.2, 0.25) is 0 Å². The van der Waals surface area contributed by atoms with E-state index in [-0.39, 0.29) is 5.41 Å². The predicted molar refractivity (Wildman–Crippen MR) is 159 cm³/mol. The first-order chi connectivity index (χ1) is 18.8. The first kappa shape index (κ1) is 22.6. The van der Waals surface area contributed by atoms with Gasteiger partial charge in [-0.1, -0.05) is 127 Å². The Labute approximate surface area is 224 Å². The molecule has 1 unspecified atom stereocenters. The lowest BCUT2D eigenvalue weighted by molar-refractivity contribution is 0.769. The first-order valence-electron chi connectivity index (χ1n) is 13.4. The van der Waals surface area contributed by atoms with Crippen molar-refractivity contribution >= 4 is 11.4 Å². The monoisotopic (exact) mass is 487 g/mol. The predicted octanol–water partition coefficient (Wildman–Crippen LogP) is 9.39. The molecule has 0 aliphatic heterocycles. The fraction of sp³-hybridized carbons (Fsp3) is 0.0811. The second-order valence-electron chi connectivity index (χ2n) is 10.2. The van der Waals surface area contributed by atoms with Crippen molar-refractivity contribution in [3.05, 3.63) is 180 Å². The third-order valence-corrected chi connectivity index (χ3v) is 8.07. The summed E-state index contributed by atoms with van der Waals surface area (Å²) < 4.78 is 0. The summed E-state index contributed by atoms with van der Waals surface area (Å²) >= 11 is 0. The zero-order chi connectivity index (χ0) is 25.4. The fourth-order valence-electron chi connectivity index (χ4n) is 6.33. The van der Waals surface area contributed by atoms with E-state index in [1.165, 1.54) is 38.9 Å². The van der Waals surface area contributed by atoms with E-state index in [0.29, 0.717) is 5.92 Å². The number of nitrogens with one attached hydrogen (secondary N) is 1. The van der Waals surface area contributed by atoms with Crippen LogP contribution in [0.15, 0.2) is 152 Å². The number of allylic oxidation sites excluding steroid dienone is 4. The number of benzene rings is 5. The van der Waals surface area contributed by atoms with Crippen molar-refractivity contribution in [2.75, 3.05) is 5.32 Å². The van der Waals surface area contributed by atoms with E-state index >= 15 is 0 Å². The van der Waals surface area contributed by atoms with Gasteiger partial charge in [-0.3, -0.25) is 0 Å². The Morgan fingerprint density at radius 1 is 0.553 bits per heavy atom. The van der Waals surface area contributed by atoms with E-state index in [1.54, 1.807) is 0 Å². The third-order valence-electron chi connectivity index (χ3n) is 8.07. The third kappa shape index (κ3) is 3.63. The van der Waals surface area contributed by atoms with Gasteiger partial charge >= 0.3 is 0 Å². The molecule has 1 N–H and O–H groups in total. The van der Waals surface area contributed by atoms with Crippen LogP contribution in [0.25, 0.3) is 11.1 Å². The molecule has 1 nitrogen and oxygen atoms in total. The second kappa shape index (κ2) is 9.36. The molecule has 0 amide bonds. The molecule has 1 atom stereocenters. The Morgan fingerprint density at radius 3 is 1.87 bits per heavy atom. The molecule has 0 aromatic heterocycles. The minimum atomic E-state index is -0.378. The lowest BCUT2D eigenvalue weighted by Gasteiger charge is -2.34. The molecule has 0 fully saturated rings. The van der Waals surface area contributed by atoms with Gasteiger partial charge in [0.05, 0.1) is 5.41 Å². The van der Waals surface area contributed by atoms with Gasteiger partial charge in [0.15, 0.2) is 0 Å². The van der Waals surface area contributed by atoms with Gasteiger partial charge in [-0.05, 0) is 69.6 Å². The lowest BCUT2D eigenvalue weighted by atomic mass is 9.67. The van der Waals surface area contributed by atoms with Crippen LogP contribution in [-0.2, 0) is 5.41 Å². The van der Waals surface area contributed by atoms with Gasteiger partial charge in [0, 0.05) is 17.3 Å². The summed E-state index contributed by atoms with van der Waals surface area (Å²) in [6.45, 7) is 0. The average Bonchev–Trinajstić information content (AvgIpc) is 3.29. The highest BCUT2D eigenvalue weighted by Crippen LogP contribution is 2.56. The van der Waals surface area contributed by atoms with Crippen LogP contribution in [0.5, 0.6) is 0 Å². The molecular weight excluding hydrogens is 458 g/mol. The standard InChI is InChI=1S/C37H29N/c1-4-12-27(13-5-1)28-20-22-31(23-21-28)38-32-24-25-34-33-18-10-11-19-35(33)37(36(34)26-32,29-14-6-2-7-15-29)30-16-8-3-9-17-30/h1-12,14-27,38H,13H2. The number of hydrogen-bond donors (Lipinski definition) is 1. The summed E-state index contributed by atoms with van der Waals surface area (Å²) in [5.74, 6) is 0.463. The molecule has 0 radical (unpaired) electrons. The topological polar surface area (TPSA) is 12.0 Å². The molecule has 5 aromatic rings. The van der Waals surface area contributed by atoms with E-state index in [2.05, 4.69) is 157 Å². The molecule has 2 aliphatic carbocycles. The average molecular weight is 488 g/mol. The van der Waals surface area contributed by atoms with Crippen molar-refractivity contribution in [2.45, 2.75) is 17.8 Å². The van der Waals surface area contributed by atoms with Crippen molar-refractivity contribution in [3.63, 3.8) is 0 Å². The van der Waals surface area contributed by atoms with Gasteiger partial charge in [0.2, 0.25) is 0 Å². The van der Waals surface area contributed by atoms with Crippen LogP contribution in [-0.4, -0.2) is 0 Å². The largest absolute Gasteiger partial charge is 0.356 e. The molecule has 38 heavy (non-hydrogen) atoms. The van der Waals surface area contributed by atoms with Gasteiger partial charge in [0.1, 0.15) is 0 Å². The highest BCUT2D eigenvalue weighted by atomic mass is 14.9. The van der Waals surface area contributed by atoms with E-state index in [4.69, 9.17) is 0 Å². The number of rotatable bonds is 5. The summed E-state index contributed by atoms with van der Waals surface area (Å²) in [4.78, 5) is 0. The molecule has 2 aliphatic rings. The van der Waals surface area contributed by atoms with Gasteiger partial charge in [-0.25, -0.2) is 0 Å². The molecule has 0 heterocycles. The first-order valence-corrected chi connectivity index (χ1v) is 13.4. The van der Waals surface area contributed by atoms with E-state index < -0.39 is 0 Å². The maximum atomic E-state index is 3.70. The van der Waals surface area contributed by atoms with Gasteiger partial charge < -0.3 is 5.32 Å². The minimum absolute atomic E-state index is 0.378. The number of anilines is 2. The van der Waals surface area contributed by atoms with Crippen molar-refractivity contribution in [3.8, 4) is 11.1 Å². The molecule has 7 rings (SSSR count). The molecule has 0 saturated heterocycles. The second-order valence-corrected chi connectivity index (χ2v) is 10.2. The Kier molecular flexibility index (Phi) is 5.56. The maximum Gasteiger partial charge on any atom is 0.0714 e. The van der Waals surface area contributed by atoms with Crippen molar-refractivity contribution in [1.82, 2.24) is 0 Å². The summed E-state index contributed by atoms with van der Waals surface area (Å²) in [6, 6.07) is 46.5. The zero-order valence-electron chi connectivity index (χ0n) is 21.2. The van der Waals surface area contributed by atoms with Crippen LogP contribution in [0, 0.1) is 0 Å². The van der Waals surface area contributed by atoms with Crippen molar-refractivity contribution in [2.24, 2.45) is 0 Å². The molecule has 0 spiro atoms. The smallest absolute Gasteiger partial charge is 0.0714 e. The maximum absolute atomic E-state index is 3.70. The summed E-state index contributed by atoms with van der Waals surface area (Å²) in [5, 5.41) is 3.70. The Bertz CT molecular complexity index is 1600. The highest BCUT2D eigenvalue weighted by molar-refractivity contribution is 5.88. The highest BCUT2D eigenvalue weighted by Gasteiger charge is 2.45. The Hall–Kier alpha value is -4.62. The number of fused-ring (bicyclic) bond motifs is 3. The molecule has 1 heteroatoms. The zero-order valence-corrected chi connectivity index (χ0v) is 21.2. The quantitative estimate of drug-likeness (QED) is 0.255. The van der Waals surface area contributed by atoms with Crippen molar-refractivity contribution in [1.29, 1.82) is 0 Å². The summed E-state index contributed by atoms with van der Waals surface area (Å²) in [5.41, 5.74) is 11.0. The number of hydrogen-bond acceptors (Lipinski definition) is 1. The van der Waals surface area contributed by atoms with Crippen molar-refractivity contribution < 1.29 is 0 Å². The molecule has 182 valence electrons. The van der Waals surface area contributed by atoms with Crippen LogP contribution in [0.4, 0.5) is 11.4 Å². The van der Waals surface area contributed by atoms with Crippen LogP contribution < -0.4 is 5.32 Å². The Balaban J connectivity index is 1.35. The van der Waals surface area contributed by atoms with E-state index in [1.807, 2.05) is 0 Å². The van der Waals surface area contributed by atoms with Crippen LogP contribution >= 0.6 is 0 Å². The normalized spacial score (nSPS) is 16.6. The minimum Gasteiger partial charge on any atom is -0.356 e. The van der Waals surface area contributed by atoms with Gasteiger partial charge in [-0.2, -0.15) is 0 Å². The molecule has 0 saturated carbocycles.